The van der Waals surface area contributed by atoms with E-state index >= 15 is 0 Å². The molecule has 3 atom stereocenters. The highest BCUT2D eigenvalue weighted by atomic mass is 16.5. The fraction of sp³-hybridized carbons (Fsp3) is 0.421. The number of carbonyl (C=O) groups excluding carboxylic acids is 3. The number of nitrogens with one attached hydrogen (secondary N) is 2. The summed E-state index contributed by atoms with van der Waals surface area (Å²) in [7, 11) is 0. The molecular weight excluding hydrogens is 320 g/mol. The Balaban J connectivity index is 2.24. The predicted octanol–water partition coefficient (Wildman–Crippen LogP) is 1.88. The molecule has 2 N–H and O–H groups in total. The van der Waals surface area contributed by atoms with Crippen molar-refractivity contribution in [1.82, 2.24) is 10.6 Å². The number of hydrogen-bond acceptors (Lipinski definition) is 4. The molecule has 0 radical (unpaired) electrons. The quantitative estimate of drug-likeness (QED) is 0.634. The summed E-state index contributed by atoms with van der Waals surface area (Å²) in [4.78, 5) is 36.1. The molecule has 2 amide bonds. The van der Waals surface area contributed by atoms with Gasteiger partial charge in [-0.05, 0) is 18.4 Å². The molecule has 0 bridgehead atoms. The van der Waals surface area contributed by atoms with Crippen LogP contribution in [0.4, 0.5) is 0 Å². The number of rotatable bonds is 2. The SMILES string of the molecule is CC(=O)N[C@@H]1C/C=C\C[C@@H](C)C(=O)OC[C@@H](c2ccccc2)NC1=O. The van der Waals surface area contributed by atoms with Gasteiger partial charge in [0, 0.05) is 6.92 Å². The minimum atomic E-state index is -0.662. The second-order valence-electron chi connectivity index (χ2n) is 6.20. The van der Waals surface area contributed by atoms with Crippen LogP contribution in [0, 0.1) is 5.92 Å². The van der Waals surface area contributed by atoms with Crippen molar-refractivity contribution in [3.63, 3.8) is 0 Å². The van der Waals surface area contributed by atoms with Crippen molar-refractivity contribution in [2.75, 3.05) is 6.61 Å². The summed E-state index contributed by atoms with van der Waals surface area (Å²) < 4.78 is 5.38. The van der Waals surface area contributed by atoms with Crippen molar-refractivity contribution < 1.29 is 19.1 Å². The minimum Gasteiger partial charge on any atom is -0.463 e. The second kappa shape index (κ2) is 9.01. The molecule has 1 aliphatic rings. The first kappa shape index (κ1) is 18.7. The maximum atomic E-state index is 12.6. The van der Waals surface area contributed by atoms with Crippen molar-refractivity contribution in [2.45, 2.75) is 38.8 Å². The highest BCUT2D eigenvalue weighted by Crippen LogP contribution is 2.16. The van der Waals surface area contributed by atoms with E-state index in [4.69, 9.17) is 4.74 Å². The smallest absolute Gasteiger partial charge is 0.309 e. The Morgan fingerprint density at radius 3 is 2.52 bits per heavy atom. The first-order valence-electron chi connectivity index (χ1n) is 8.41. The van der Waals surface area contributed by atoms with E-state index in [1.54, 1.807) is 6.92 Å². The van der Waals surface area contributed by atoms with Crippen LogP contribution in [0.5, 0.6) is 0 Å². The number of carbonyl (C=O) groups is 3. The van der Waals surface area contributed by atoms with Gasteiger partial charge in [0.25, 0.3) is 0 Å². The standard InChI is InChI=1S/C19H24N2O4/c1-13-8-6-7-11-16(20-14(2)22)18(23)21-17(12-25-19(13)24)15-9-4-3-5-10-15/h3-7,9-10,13,16-17H,8,11-12H2,1-2H3,(H,20,22)(H,21,23)/b7-6-/t13-,16-,17+/m1/s1. The Morgan fingerprint density at radius 1 is 1.16 bits per heavy atom. The van der Waals surface area contributed by atoms with Gasteiger partial charge in [-0.15, -0.1) is 0 Å². The van der Waals surface area contributed by atoms with Gasteiger partial charge >= 0.3 is 5.97 Å². The first-order chi connectivity index (χ1) is 12.0. The van der Waals surface area contributed by atoms with Crippen molar-refractivity contribution in [3.8, 4) is 0 Å². The van der Waals surface area contributed by atoms with Gasteiger partial charge in [-0.1, -0.05) is 49.4 Å². The summed E-state index contributed by atoms with van der Waals surface area (Å²) in [6.07, 6.45) is 4.55. The molecular formula is C19H24N2O4. The molecule has 6 heteroatoms. The molecule has 2 rings (SSSR count). The third-order valence-corrected chi connectivity index (χ3v) is 4.04. The fourth-order valence-corrected chi connectivity index (χ4v) is 2.59. The number of hydrogen-bond donors (Lipinski definition) is 2. The van der Waals surface area contributed by atoms with Gasteiger partial charge in [-0.3, -0.25) is 14.4 Å². The van der Waals surface area contributed by atoms with E-state index in [0.717, 1.165) is 5.56 Å². The summed E-state index contributed by atoms with van der Waals surface area (Å²) in [6, 6.07) is 8.18. The van der Waals surface area contributed by atoms with Crippen molar-refractivity contribution >= 4 is 17.8 Å². The molecule has 0 unspecified atom stereocenters. The maximum Gasteiger partial charge on any atom is 0.309 e. The van der Waals surface area contributed by atoms with Crippen molar-refractivity contribution in [1.29, 1.82) is 0 Å². The lowest BCUT2D eigenvalue weighted by Gasteiger charge is -2.24. The molecule has 134 valence electrons. The van der Waals surface area contributed by atoms with Crippen molar-refractivity contribution in [2.24, 2.45) is 5.92 Å². The number of ether oxygens (including phenoxy) is 1. The van der Waals surface area contributed by atoms with Crippen LogP contribution in [0.25, 0.3) is 0 Å². The topological polar surface area (TPSA) is 84.5 Å². The van der Waals surface area contributed by atoms with Gasteiger partial charge in [0.15, 0.2) is 0 Å². The molecule has 1 heterocycles. The number of amides is 2. The monoisotopic (exact) mass is 344 g/mol. The number of cyclic esters (lactones) is 1. The molecule has 0 saturated carbocycles. The Bertz CT molecular complexity index is 642. The lowest BCUT2D eigenvalue weighted by molar-refractivity contribution is -0.149. The van der Waals surface area contributed by atoms with E-state index in [9.17, 15) is 14.4 Å². The van der Waals surface area contributed by atoms with Gasteiger partial charge < -0.3 is 15.4 Å². The lowest BCUT2D eigenvalue weighted by Crippen LogP contribution is -2.47. The summed E-state index contributed by atoms with van der Waals surface area (Å²) in [5.74, 6) is -1.13. The molecule has 0 spiro atoms. The summed E-state index contributed by atoms with van der Waals surface area (Å²) >= 11 is 0. The number of esters is 1. The normalized spacial score (nSPS) is 26.4. The Labute approximate surface area is 147 Å². The summed E-state index contributed by atoms with van der Waals surface area (Å²) in [5.41, 5.74) is 0.838. The average molecular weight is 344 g/mol. The van der Waals surface area contributed by atoms with E-state index < -0.39 is 12.1 Å². The molecule has 1 aliphatic heterocycles. The average Bonchev–Trinajstić information content (AvgIpc) is 2.60. The zero-order chi connectivity index (χ0) is 18.2. The van der Waals surface area contributed by atoms with Crippen LogP contribution in [0.15, 0.2) is 42.5 Å². The zero-order valence-electron chi connectivity index (χ0n) is 14.5. The molecule has 6 nitrogen and oxygen atoms in total. The largest absolute Gasteiger partial charge is 0.463 e. The molecule has 0 fully saturated rings. The van der Waals surface area contributed by atoms with Crippen LogP contribution in [-0.4, -0.2) is 30.4 Å². The van der Waals surface area contributed by atoms with E-state index in [1.165, 1.54) is 6.92 Å². The Morgan fingerprint density at radius 2 is 1.84 bits per heavy atom. The molecule has 25 heavy (non-hydrogen) atoms. The number of allylic oxidation sites excluding steroid dienone is 1. The summed E-state index contributed by atoms with van der Waals surface area (Å²) in [6.45, 7) is 3.24. The van der Waals surface area contributed by atoms with Crippen LogP contribution >= 0.6 is 0 Å². The highest BCUT2D eigenvalue weighted by Gasteiger charge is 2.24. The molecule has 0 aromatic heterocycles. The number of benzene rings is 1. The van der Waals surface area contributed by atoms with Gasteiger partial charge in [-0.2, -0.15) is 0 Å². The highest BCUT2D eigenvalue weighted by molar-refractivity contribution is 5.87. The Hall–Kier alpha value is -2.63. The van der Waals surface area contributed by atoms with Crippen LogP contribution in [0.3, 0.4) is 0 Å². The van der Waals surface area contributed by atoms with Gasteiger partial charge in [0.2, 0.25) is 11.8 Å². The van der Waals surface area contributed by atoms with E-state index in [1.807, 2.05) is 42.5 Å². The maximum absolute atomic E-state index is 12.6. The van der Waals surface area contributed by atoms with Crippen LogP contribution in [0.2, 0.25) is 0 Å². The third-order valence-electron chi connectivity index (χ3n) is 4.04. The van der Waals surface area contributed by atoms with Gasteiger partial charge in [0.05, 0.1) is 12.0 Å². The zero-order valence-corrected chi connectivity index (χ0v) is 14.5. The van der Waals surface area contributed by atoms with E-state index in [0.29, 0.717) is 12.8 Å². The van der Waals surface area contributed by atoms with E-state index in [2.05, 4.69) is 10.6 Å². The van der Waals surface area contributed by atoms with Crippen LogP contribution < -0.4 is 10.6 Å². The lowest BCUT2D eigenvalue weighted by atomic mass is 10.0. The molecule has 1 aromatic rings. The first-order valence-corrected chi connectivity index (χ1v) is 8.41. The van der Waals surface area contributed by atoms with E-state index in [-0.39, 0.29) is 30.3 Å². The third kappa shape index (κ3) is 5.74. The minimum absolute atomic E-state index is 0.0510. The fourth-order valence-electron chi connectivity index (χ4n) is 2.59. The molecule has 0 aliphatic carbocycles. The van der Waals surface area contributed by atoms with Crippen molar-refractivity contribution in [3.05, 3.63) is 48.0 Å². The molecule has 1 aromatic carbocycles. The predicted molar refractivity (Wildman–Crippen MR) is 93.4 cm³/mol. The summed E-state index contributed by atoms with van der Waals surface area (Å²) in [5, 5.41) is 5.54. The Kier molecular flexibility index (Phi) is 6.74. The second-order valence-corrected chi connectivity index (χ2v) is 6.20. The van der Waals surface area contributed by atoms with Crippen LogP contribution in [0.1, 0.15) is 38.3 Å². The van der Waals surface area contributed by atoms with Gasteiger partial charge in [-0.25, -0.2) is 0 Å². The molecule has 0 saturated heterocycles. The van der Waals surface area contributed by atoms with Gasteiger partial charge in [0.1, 0.15) is 12.6 Å². The van der Waals surface area contributed by atoms with Crippen LogP contribution in [-0.2, 0) is 19.1 Å².